The van der Waals surface area contributed by atoms with Gasteiger partial charge in [0.05, 0.1) is 11.8 Å². The van der Waals surface area contributed by atoms with Gasteiger partial charge in [0.1, 0.15) is 0 Å². The minimum absolute atomic E-state index is 0.401. The zero-order chi connectivity index (χ0) is 14.0. The number of hydrogen-bond acceptors (Lipinski definition) is 3. The summed E-state index contributed by atoms with van der Waals surface area (Å²) in [6.45, 7) is 3.17. The van der Waals surface area contributed by atoms with Gasteiger partial charge in [-0.25, -0.2) is 0 Å². The summed E-state index contributed by atoms with van der Waals surface area (Å²) >= 11 is 0. The van der Waals surface area contributed by atoms with Crippen molar-refractivity contribution in [1.29, 1.82) is 0 Å². The van der Waals surface area contributed by atoms with Gasteiger partial charge in [0.15, 0.2) is 0 Å². The van der Waals surface area contributed by atoms with Crippen LogP contribution in [0.4, 0.5) is 0 Å². The summed E-state index contributed by atoms with van der Waals surface area (Å²) in [5, 5.41) is 14.9. The molecule has 0 amide bonds. The van der Waals surface area contributed by atoms with Crippen molar-refractivity contribution in [3.8, 4) is 0 Å². The molecule has 1 aliphatic carbocycles. The van der Waals surface area contributed by atoms with E-state index in [-0.39, 0.29) is 0 Å². The fourth-order valence-electron chi connectivity index (χ4n) is 3.92. The molecule has 1 unspecified atom stereocenters. The van der Waals surface area contributed by atoms with Gasteiger partial charge in [-0.15, -0.1) is 0 Å². The molecule has 1 atom stereocenters. The molecule has 0 aromatic carbocycles. The minimum Gasteiger partial charge on any atom is -0.389 e. The highest BCUT2D eigenvalue weighted by Crippen LogP contribution is 2.31. The fourth-order valence-corrected chi connectivity index (χ4v) is 3.92. The van der Waals surface area contributed by atoms with Crippen LogP contribution in [0.2, 0.25) is 0 Å². The molecule has 0 spiro atoms. The summed E-state index contributed by atoms with van der Waals surface area (Å²) in [5.74, 6) is 0.728. The van der Waals surface area contributed by atoms with Gasteiger partial charge in [0, 0.05) is 26.3 Å². The quantitative estimate of drug-likeness (QED) is 0.915. The molecule has 2 heterocycles. The van der Waals surface area contributed by atoms with Gasteiger partial charge in [-0.1, -0.05) is 19.3 Å². The molecule has 1 saturated carbocycles. The maximum atomic E-state index is 10.7. The van der Waals surface area contributed by atoms with Gasteiger partial charge < -0.3 is 10.0 Å². The van der Waals surface area contributed by atoms with Gasteiger partial charge in [-0.05, 0) is 43.7 Å². The van der Waals surface area contributed by atoms with Crippen molar-refractivity contribution in [2.45, 2.75) is 50.5 Å². The molecule has 20 heavy (non-hydrogen) atoms. The zero-order valence-corrected chi connectivity index (χ0v) is 12.6. The van der Waals surface area contributed by atoms with Crippen molar-refractivity contribution in [3.05, 3.63) is 18.0 Å². The standard InChI is InChI=1S/C16H27N3O/c1-18-11-15(10-17-18)9-14-5-8-19(12-14)13-16(20)6-3-2-4-7-16/h10-11,14,20H,2-9,12-13H2,1H3. The van der Waals surface area contributed by atoms with Crippen LogP contribution in [0.15, 0.2) is 12.4 Å². The summed E-state index contributed by atoms with van der Waals surface area (Å²) in [4.78, 5) is 2.48. The molecule has 3 rings (SSSR count). The number of aliphatic hydroxyl groups is 1. The molecule has 1 aromatic rings. The Hall–Kier alpha value is -0.870. The Morgan fingerprint density at radius 2 is 2.15 bits per heavy atom. The van der Waals surface area contributed by atoms with Gasteiger partial charge in [-0.2, -0.15) is 5.10 Å². The second-order valence-corrected chi connectivity index (χ2v) is 6.90. The molecule has 112 valence electrons. The predicted octanol–water partition coefficient (Wildman–Crippen LogP) is 1.98. The molecular weight excluding hydrogens is 250 g/mol. The first-order valence-electron chi connectivity index (χ1n) is 8.05. The van der Waals surface area contributed by atoms with Crippen LogP contribution in [0, 0.1) is 5.92 Å². The van der Waals surface area contributed by atoms with E-state index in [9.17, 15) is 5.11 Å². The lowest BCUT2D eigenvalue weighted by molar-refractivity contribution is -0.0220. The Morgan fingerprint density at radius 3 is 2.85 bits per heavy atom. The van der Waals surface area contributed by atoms with E-state index in [1.54, 1.807) is 0 Å². The largest absolute Gasteiger partial charge is 0.389 e. The molecule has 0 bridgehead atoms. The van der Waals surface area contributed by atoms with Crippen molar-refractivity contribution >= 4 is 0 Å². The summed E-state index contributed by atoms with van der Waals surface area (Å²) < 4.78 is 1.88. The lowest BCUT2D eigenvalue weighted by Gasteiger charge is -2.35. The topological polar surface area (TPSA) is 41.3 Å². The monoisotopic (exact) mass is 277 g/mol. The summed E-state index contributed by atoms with van der Waals surface area (Å²) in [6.07, 6.45) is 12.2. The Kier molecular flexibility index (Phi) is 4.13. The van der Waals surface area contributed by atoms with Crippen LogP contribution in [0.1, 0.15) is 44.1 Å². The van der Waals surface area contributed by atoms with E-state index < -0.39 is 5.60 Å². The second kappa shape index (κ2) is 5.86. The Bertz CT molecular complexity index is 437. The van der Waals surface area contributed by atoms with Crippen LogP contribution in [-0.4, -0.2) is 45.0 Å². The molecule has 1 saturated heterocycles. The number of aromatic nitrogens is 2. The smallest absolute Gasteiger partial charge is 0.0774 e. The van der Waals surface area contributed by atoms with E-state index in [2.05, 4.69) is 16.2 Å². The second-order valence-electron chi connectivity index (χ2n) is 6.90. The molecule has 4 nitrogen and oxygen atoms in total. The molecular formula is C16H27N3O. The van der Waals surface area contributed by atoms with Crippen LogP contribution < -0.4 is 0 Å². The minimum atomic E-state index is -0.401. The first-order valence-corrected chi connectivity index (χ1v) is 8.05. The maximum Gasteiger partial charge on any atom is 0.0774 e. The number of hydrogen-bond donors (Lipinski definition) is 1. The first-order chi connectivity index (χ1) is 9.63. The van der Waals surface area contributed by atoms with Gasteiger partial charge in [0.2, 0.25) is 0 Å². The van der Waals surface area contributed by atoms with E-state index in [0.717, 1.165) is 44.8 Å². The van der Waals surface area contributed by atoms with E-state index >= 15 is 0 Å². The molecule has 0 radical (unpaired) electrons. The van der Waals surface area contributed by atoms with Gasteiger partial charge in [0.25, 0.3) is 0 Å². The van der Waals surface area contributed by atoms with E-state index in [4.69, 9.17) is 0 Å². The Morgan fingerprint density at radius 1 is 1.35 bits per heavy atom. The normalized spacial score (nSPS) is 27.0. The fraction of sp³-hybridized carbons (Fsp3) is 0.812. The molecule has 1 N–H and O–H groups in total. The van der Waals surface area contributed by atoms with Crippen molar-refractivity contribution in [3.63, 3.8) is 0 Å². The molecule has 1 aromatic heterocycles. The summed E-state index contributed by atoms with van der Waals surface area (Å²) in [5.41, 5.74) is 0.942. The lowest BCUT2D eigenvalue weighted by atomic mass is 9.84. The van der Waals surface area contributed by atoms with E-state index in [1.165, 1.54) is 31.2 Å². The molecule has 2 fully saturated rings. The van der Waals surface area contributed by atoms with Crippen LogP contribution >= 0.6 is 0 Å². The highest BCUT2D eigenvalue weighted by Gasteiger charge is 2.34. The number of β-amino-alcohol motifs (C(OH)–C–C–N with tert-alkyl or cyclic N) is 1. The third-order valence-corrected chi connectivity index (χ3v) is 4.95. The van der Waals surface area contributed by atoms with Crippen molar-refractivity contribution < 1.29 is 5.11 Å². The molecule has 2 aliphatic rings. The van der Waals surface area contributed by atoms with Crippen LogP contribution in [0.25, 0.3) is 0 Å². The van der Waals surface area contributed by atoms with Gasteiger partial charge in [-0.3, -0.25) is 4.68 Å². The maximum absolute atomic E-state index is 10.7. The average molecular weight is 277 g/mol. The number of rotatable bonds is 4. The first kappa shape index (κ1) is 14.1. The lowest BCUT2D eigenvalue weighted by Crippen LogP contribution is -2.43. The Labute approximate surface area is 121 Å². The predicted molar refractivity (Wildman–Crippen MR) is 79.5 cm³/mol. The average Bonchev–Trinajstić information content (AvgIpc) is 3.00. The SMILES string of the molecule is Cn1cc(CC2CCN(CC3(O)CCCCC3)C2)cn1. The molecule has 1 aliphatic heterocycles. The highest BCUT2D eigenvalue weighted by atomic mass is 16.3. The van der Waals surface area contributed by atoms with Crippen molar-refractivity contribution in [2.24, 2.45) is 13.0 Å². The van der Waals surface area contributed by atoms with Crippen LogP contribution in [0.3, 0.4) is 0 Å². The van der Waals surface area contributed by atoms with E-state index in [1.807, 2.05) is 17.9 Å². The Balaban J connectivity index is 1.49. The third-order valence-electron chi connectivity index (χ3n) is 4.95. The third kappa shape index (κ3) is 3.41. The summed E-state index contributed by atoms with van der Waals surface area (Å²) in [7, 11) is 1.98. The zero-order valence-electron chi connectivity index (χ0n) is 12.6. The van der Waals surface area contributed by atoms with Crippen LogP contribution in [0.5, 0.6) is 0 Å². The highest BCUT2D eigenvalue weighted by molar-refractivity contribution is 5.05. The van der Waals surface area contributed by atoms with E-state index in [0.29, 0.717) is 0 Å². The number of likely N-dealkylation sites (tertiary alicyclic amines) is 1. The summed E-state index contributed by atoms with van der Waals surface area (Å²) in [6, 6.07) is 0. The molecule has 4 heteroatoms. The van der Waals surface area contributed by atoms with Crippen molar-refractivity contribution in [1.82, 2.24) is 14.7 Å². The van der Waals surface area contributed by atoms with Crippen molar-refractivity contribution in [2.75, 3.05) is 19.6 Å². The number of nitrogens with zero attached hydrogens (tertiary/aromatic N) is 3. The number of aryl methyl sites for hydroxylation is 1. The van der Waals surface area contributed by atoms with Gasteiger partial charge >= 0.3 is 0 Å². The van der Waals surface area contributed by atoms with Crippen LogP contribution in [-0.2, 0) is 13.5 Å².